The summed E-state index contributed by atoms with van der Waals surface area (Å²) in [4.78, 5) is 11.0. The Morgan fingerprint density at radius 1 is 0.771 bits per heavy atom. The molecule has 0 atom stereocenters. The lowest BCUT2D eigenvalue weighted by Crippen LogP contribution is -2.43. The molecule has 1 aliphatic heterocycles. The molecule has 250 valence electrons. The van der Waals surface area contributed by atoms with E-state index in [0.717, 1.165) is 27.9 Å². The fourth-order valence-corrected chi connectivity index (χ4v) is 6.13. The van der Waals surface area contributed by atoms with Gasteiger partial charge in [-0.3, -0.25) is 4.99 Å². The number of benzene rings is 4. The van der Waals surface area contributed by atoms with Gasteiger partial charge in [0, 0.05) is 13.0 Å². The van der Waals surface area contributed by atoms with Crippen molar-refractivity contribution in [1.82, 2.24) is 4.90 Å². The fourth-order valence-electron chi connectivity index (χ4n) is 5.76. The van der Waals surface area contributed by atoms with E-state index < -0.39 is 40.5 Å². The topological polar surface area (TPSA) is 31.0 Å². The summed E-state index contributed by atoms with van der Waals surface area (Å²) >= 11 is 6.53. The Balaban J connectivity index is 1.80. The molecule has 0 amide bonds. The highest BCUT2D eigenvalue weighted by atomic mass is 35.5. The van der Waals surface area contributed by atoms with Gasteiger partial charge in [0.15, 0.2) is 34.9 Å². The van der Waals surface area contributed by atoms with E-state index >= 15 is 8.78 Å². The summed E-state index contributed by atoms with van der Waals surface area (Å²) in [6.07, 6.45) is 3.55. The summed E-state index contributed by atoms with van der Waals surface area (Å²) in [6, 6.07) is 18.8. The van der Waals surface area contributed by atoms with Crippen LogP contribution in [0.25, 0.3) is 0 Å². The van der Waals surface area contributed by atoms with Crippen LogP contribution in [-0.4, -0.2) is 40.6 Å². The van der Waals surface area contributed by atoms with Crippen LogP contribution in [0.15, 0.2) is 70.6 Å². The zero-order chi connectivity index (χ0) is 34.9. The molecule has 0 fully saturated rings. The standard InChI is InChI=1S/C38H36ClF5N4/c1-21(2)26-14-10-15-27(22(3)4)36(26)46-37(25-12-8-7-9-13-25)47-16-11-17-48(20-47)38(45-35-24(6)18-23(5)19-28(35)39)29-30(40)32(42)34(44)33(43)31(29)41/h7-10,12-15,18-19,21-22H,11,16-17H2,1-6H3. The lowest BCUT2D eigenvalue weighted by molar-refractivity contribution is -0.413. The largest absolute Gasteiger partial charge is 0.354 e. The zero-order valence-electron chi connectivity index (χ0n) is 27.6. The Hall–Kier alpha value is -4.37. The maximum absolute atomic E-state index is 15.5. The van der Waals surface area contributed by atoms with Crippen LogP contribution in [0, 0.1) is 42.9 Å². The molecule has 0 spiro atoms. The second-order valence-corrected chi connectivity index (χ2v) is 12.9. The van der Waals surface area contributed by atoms with E-state index in [9.17, 15) is 13.2 Å². The summed E-state index contributed by atoms with van der Waals surface area (Å²) in [7, 11) is 0. The van der Waals surface area contributed by atoms with Crippen LogP contribution in [0.1, 0.15) is 79.3 Å². The molecule has 0 bridgehead atoms. The number of amidine groups is 2. The van der Waals surface area contributed by atoms with Crippen LogP contribution >= 0.6 is 11.6 Å². The van der Waals surface area contributed by atoms with Crippen LogP contribution in [0.5, 0.6) is 0 Å². The van der Waals surface area contributed by atoms with Gasteiger partial charge in [-0.05, 0) is 59.6 Å². The van der Waals surface area contributed by atoms with E-state index in [4.69, 9.17) is 16.6 Å². The van der Waals surface area contributed by atoms with Gasteiger partial charge in [-0.2, -0.15) is 4.99 Å². The number of hydrogen-bond acceptors (Lipinski definition) is 2. The normalized spacial score (nSPS) is 14.3. The molecule has 10 heteroatoms. The predicted molar refractivity (Wildman–Crippen MR) is 182 cm³/mol. The van der Waals surface area contributed by atoms with E-state index in [1.165, 1.54) is 4.90 Å². The van der Waals surface area contributed by atoms with Gasteiger partial charge in [0.25, 0.3) is 0 Å². The van der Waals surface area contributed by atoms with Gasteiger partial charge in [-0.25, -0.2) is 22.0 Å². The number of aryl methyl sites for hydroxylation is 2. The number of hydrogen-bond donors (Lipinski definition) is 0. The van der Waals surface area contributed by atoms with E-state index in [0.29, 0.717) is 24.4 Å². The van der Waals surface area contributed by atoms with Crippen LogP contribution < -0.4 is 0 Å². The number of rotatable bonds is 6. The first-order chi connectivity index (χ1) is 22.8. The maximum atomic E-state index is 15.5. The summed E-state index contributed by atoms with van der Waals surface area (Å²) < 4.78 is 76.2. The van der Waals surface area contributed by atoms with Crippen molar-refractivity contribution in [2.75, 3.05) is 13.1 Å². The Kier molecular flexibility index (Phi) is 10.5. The molecule has 4 aromatic carbocycles. The average Bonchev–Trinajstić information content (AvgIpc) is 3.06. The Labute approximate surface area is 282 Å². The van der Waals surface area contributed by atoms with Gasteiger partial charge in [0.2, 0.25) is 0 Å². The molecule has 1 heterocycles. The SMILES string of the molecule is Cc1cc(C)c(N=C(c2c(F)c(F)c(F)c(F)c2F)N2[C-]=[N+](C(=Nc3c(C(C)C)cccc3C(C)C)c3ccccc3)CCC2)c(Cl)c1. The second-order valence-electron chi connectivity index (χ2n) is 12.4. The highest BCUT2D eigenvalue weighted by molar-refractivity contribution is 6.33. The molecule has 48 heavy (non-hydrogen) atoms. The van der Waals surface area contributed by atoms with Gasteiger partial charge in [0.1, 0.15) is 17.9 Å². The van der Waals surface area contributed by atoms with Gasteiger partial charge >= 0.3 is 0 Å². The van der Waals surface area contributed by atoms with Crippen LogP contribution in [0.3, 0.4) is 0 Å². The third-order valence-corrected chi connectivity index (χ3v) is 8.45. The van der Waals surface area contributed by atoms with Crippen molar-refractivity contribution in [2.24, 2.45) is 9.98 Å². The van der Waals surface area contributed by atoms with E-state index in [2.05, 4.69) is 39.0 Å². The van der Waals surface area contributed by atoms with Gasteiger partial charge in [0.05, 0.1) is 22.8 Å². The second kappa shape index (κ2) is 14.4. The molecule has 0 aliphatic carbocycles. The van der Waals surface area contributed by atoms with Crippen LogP contribution in [0.2, 0.25) is 5.02 Å². The Bertz CT molecular complexity index is 1870. The van der Waals surface area contributed by atoms with Crippen molar-refractivity contribution < 1.29 is 26.5 Å². The number of aliphatic imine (C=N–C) groups is 2. The lowest BCUT2D eigenvalue weighted by atomic mass is 9.93. The average molecular weight is 679 g/mol. The Morgan fingerprint density at radius 2 is 1.35 bits per heavy atom. The predicted octanol–water partition coefficient (Wildman–Crippen LogP) is 10.4. The Morgan fingerprint density at radius 3 is 1.92 bits per heavy atom. The first-order valence-electron chi connectivity index (χ1n) is 15.8. The first kappa shape index (κ1) is 35.0. The summed E-state index contributed by atoms with van der Waals surface area (Å²) in [5.74, 6) is -10.1. The van der Waals surface area contributed by atoms with Gasteiger partial charge in [-0.15, -0.1) is 0 Å². The zero-order valence-corrected chi connectivity index (χ0v) is 28.4. The smallest absolute Gasteiger partial charge is 0.200 e. The van der Waals surface area contributed by atoms with Crippen molar-refractivity contribution in [2.45, 2.75) is 59.8 Å². The minimum atomic E-state index is -2.26. The van der Waals surface area contributed by atoms with Crippen LogP contribution in [0.4, 0.5) is 33.3 Å². The molecule has 4 aromatic rings. The minimum Gasteiger partial charge on any atom is -0.354 e. The first-order valence-corrected chi connectivity index (χ1v) is 16.1. The number of para-hydroxylation sites is 1. The van der Waals surface area contributed by atoms with Crippen molar-refractivity contribution in [3.63, 3.8) is 0 Å². The van der Waals surface area contributed by atoms with E-state index in [1.54, 1.807) is 23.6 Å². The molecule has 0 radical (unpaired) electrons. The third kappa shape index (κ3) is 6.92. The van der Waals surface area contributed by atoms with Crippen LogP contribution in [-0.2, 0) is 0 Å². The number of halogens is 6. The highest BCUT2D eigenvalue weighted by Crippen LogP contribution is 2.36. The fraction of sp³-hybridized carbons (Fsp3) is 0.289. The molecular formula is C38H36ClF5N4. The monoisotopic (exact) mass is 678 g/mol. The molecule has 0 N–H and O–H groups in total. The molecular weight excluding hydrogens is 643 g/mol. The molecule has 0 saturated heterocycles. The van der Waals surface area contributed by atoms with Crippen molar-refractivity contribution >= 4 is 41.0 Å². The molecule has 5 rings (SSSR count). The molecule has 4 nitrogen and oxygen atoms in total. The molecule has 0 unspecified atom stereocenters. The molecule has 0 saturated carbocycles. The molecule has 1 aliphatic rings. The molecule has 0 aromatic heterocycles. The van der Waals surface area contributed by atoms with Gasteiger partial charge < -0.3 is 9.48 Å². The summed E-state index contributed by atoms with van der Waals surface area (Å²) in [6.45, 7) is 12.4. The van der Waals surface area contributed by atoms with E-state index in [1.807, 2.05) is 55.5 Å². The highest BCUT2D eigenvalue weighted by Gasteiger charge is 2.31. The van der Waals surface area contributed by atoms with Crippen molar-refractivity contribution in [3.8, 4) is 0 Å². The van der Waals surface area contributed by atoms with Crippen molar-refractivity contribution in [1.29, 1.82) is 0 Å². The van der Waals surface area contributed by atoms with Gasteiger partial charge in [-0.1, -0.05) is 93.9 Å². The number of nitrogens with zero attached hydrogens (tertiary/aromatic N) is 4. The lowest BCUT2D eigenvalue weighted by Gasteiger charge is -2.32. The maximum Gasteiger partial charge on any atom is 0.200 e. The quantitative estimate of drug-likeness (QED) is 0.0380. The summed E-state index contributed by atoms with van der Waals surface area (Å²) in [5.41, 5.74) is 3.93. The van der Waals surface area contributed by atoms with Crippen molar-refractivity contribution in [3.05, 3.63) is 128 Å². The van der Waals surface area contributed by atoms with E-state index in [-0.39, 0.29) is 29.1 Å². The minimum absolute atomic E-state index is 0.110. The third-order valence-electron chi connectivity index (χ3n) is 8.16. The summed E-state index contributed by atoms with van der Waals surface area (Å²) in [5, 5.41) is 0.154.